The fourth-order valence-corrected chi connectivity index (χ4v) is 5.03. The Morgan fingerprint density at radius 1 is 1.23 bits per heavy atom. The van der Waals surface area contributed by atoms with Crippen molar-refractivity contribution < 1.29 is 23.0 Å². The number of nitrogens with one attached hydrogen (secondary N) is 1. The minimum absolute atomic E-state index is 0.00159. The van der Waals surface area contributed by atoms with Crippen molar-refractivity contribution in [2.75, 3.05) is 25.5 Å². The molecule has 1 saturated carbocycles. The van der Waals surface area contributed by atoms with E-state index < -0.39 is 11.6 Å². The lowest BCUT2D eigenvalue weighted by atomic mass is 9.68. The van der Waals surface area contributed by atoms with Crippen LogP contribution in [-0.2, 0) is 4.79 Å². The summed E-state index contributed by atoms with van der Waals surface area (Å²) in [5.41, 5.74) is 0.207. The van der Waals surface area contributed by atoms with Crippen LogP contribution in [0.1, 0.15) is 6.42 Å². The average Bonchev–Trinajstić information content (AvgIpc) is 2.87. The molecule has 7 nitrogen and oxygen atoms in total. The number of halogens is 4. The predicted octanol–water partition coefficient (Wildman–Crippen LogP) is 5.38. The molecule has 1 aliphatic carbocycles. The third-order valence-electron chi connectivity index (χ3n) is 6.48. The predicted molar refractivity (Wildman–Crippen MR) is 129 cm³/mol. The van der Waals surface area contributed by atoms with E-state index in [-0.39, 0.29) is 67.8 Å². The van der Waals surface area contributed by atoms with Gasteiger partial charge in [-0.05, 0) is 24.6 Å². The zero-order chi connectivity index (χ0) is 24.9. The van der Waals surface area contributed by atoms with E-state index in [4.69, 9.17) is 32.7 Å². The molecule has 0 spiro atoms. The van der Waals surface area contributed by atoms with Crippen molar-refractivity contribution >= 4 is 51.5 Å². The molecule has 3 fully saturated rings. The third kappa shape index (κ3) is 4.02. The third-order valence-corrected chi connectivity index (χ3v) is 7.26. The van der Waals surface area contributed by atoms with Gasteiger partial charge in [0.05, 0.1) is 33.7 Å². The molecule has 182 valence electrons. The molecule has 3 aliphatic rings. The molecule has 6 rings (SSSR count). The number of methoxy groups -OCH3 is 1. The van der Waals surface area contributed by atoms with Gasteiger partial charge in [0.15, 0.2) is 23.1 Å². The summed E-state index contributed by atoms with van der Waals surface area (Å²) in [5, 5.41) is 2.56. The van der Waals surface area contributed by atoms with Crippen LogP contribution in [0, 0.1) is 23.5 Å². The summed E-state index contributed by atoms with van der Waals surface area (Å²) < 4.78 is 42.1. The number of carbonyl (C=O) groups excluding carboxylic acids is 1. The minimum atomic E-state index is -0.794. The van der Waals surface area contributed by atoms with Gasteiger partial charge in [-0.2, -0.15) is 0 Å². The summed E-state index contributed by atoms with van der Waals surface area (Å²) in [6.45, 7) is 4.55. The van der Waals surface area contributed by atoms with Crippen LogP contribution in [0.4, 0.5) is 20.3 Å². The summed E-state index contributed by atoms with van der Waals surface area (Å²) in [6.07, 6.45) is 3.12. The molecule has 1 amide bonds. The van der Waals surface area contributed by atoms with Crippen LogP contribution >= 0.6 is 23.2 Å². The first kappa shape index (κ1) is 23.6. The summed E-state index contributed by atoms with van der Waals surface area (Å²) in [4.78, 5) is 21.9. The maximum Gasteiger partial charge on any atom is 0.245 e. The van der Waals surface area contributed by atoms with Crippen molar-refractivity contribution in [2.24, 2.45) is 11.8 Å². The van der Waals surface area contributed by atoms with Crippen molar-refractivity contribution in [1.29, 1.82) is 0 Å². The molecule has 2 saturated heterocycles. The molecule has 3 atom stereocenters. The van der Waals surface area contributed by atoms with Crippen molar-refractivity contribution in [1.82, 2.24) is 14.9 Å². The molecule has 11 heteroatoms. The largest absolute Gasteiger partial charge is 0.493 e. The minimum Gasteiger partial charge on any atom is -0.493 e. The highest BCUT2D eigenvalue weighted by Gasteiger charge is 2.49. The van der Waals surface area contributed by atoms with Crippen LogP contribution in [0.3, 0.4) is 0 Å². The van der Waals surface area contributed by atoms with E-state index >= 15 is 4.39 Å². The van der Waals surface area contributed by atoms with Gasteiger partial charge in [0, 0.05) is 31.0 Å². The molecule has 1 unspecified atom stereocenters. The van der Waals surface area contributed by atoms with Gasteiger partial charge in [0.25, 0.3) is 0 Å². The second kappa shape index (κ2) is 9.13. The highest BCUT2D eigenvalue weighted by Crippen LogP contribution is 2.46. The van der Waals surface area contributed by atoms with Crippen molar-refractivity contribution in [3.8, 4) is 11.5 Å². The number of anilines is 2. The van der Waals surface area contributed by atoms with Gasteiger partial charge in [-0.3, -0.25) is 4.79 Å². The van der Waals surface area contributed by atoms with E-state index in [1.54, 1.807) is 4.90 Å². The topological polar surface area (TPSA) is 76.6 Å². The average molecular weight is 521 g/mol. The van der Waals surface area contributed by atoms with Crippen LogP contribution in [-0.4, -0.2) is 47.1 Å². The SMILES string of the molecule is C=CC(=O)N1C[C@H]2C[C@@H](C1)C2Oc1c(OC)cc2ncnc(Nc3ccc(Cl)c(Cl)c3F)c2c1F. The van der Waals surface area contributed by atoms with Crippen molar-refractivity contribution in [2.45, 2.75) is 12.5 Å². The number of benzene rings is 2. The highest BCUT2D eigenvalue weighted by atomic mass is 35.5. The number of hydrogen-bond donors (Lipinski definition) is 1. The highest BCUT2D eigenvalue weighted by molar-refractivity contribution is 6.42. The van der Waals surface area contributed by atoms with E-state index in [2.05, 4.69) is 21.9 Å². The van der Waals surface area contributed by atoms with E-state index in [0.29, 0.717) is 13.1 Å². The van der Waals surface area contributed by atoms with Gasteiger partial charge in [0.1, 0.15) is 18.2 Å². The molecule has 1 N–H and O–H groups in total. The van der Waals surface area contributed by atoms with Gasteiger partial charge in [0.2, 0.25) is 5.91 Å². The van der Waals surface area contributed by atoms with E-state index in [9.17, 15) is 9.18 Å². The van der Waals surface area contributed by atoms with Crippen LogP contribution in [0.5, 0.6) is 11.5 Å². The maximum absolute atomic E-state index is 15.9. The van der Waals surface area contributed by atoms with E-state index in [1.807, 2.05) is 0 Å². The van der Waals surface area contributed by atoms with E-state index in [0.717, 1.165) is 6.42 Å². The van der Waals surface area contributed by atoms with Gasteiger partial charge in [-0.1, -0.05) is 29.8 Å². The Balaban J connectivity index is 1.50. The molecule has 2 bridgehead atoms. The smallest absolute Gasteiger partial charge is 0.245 e. The second-order valence-electron chi connectivity index (χ2n) is 8.47. The van der Waals surface area contributed by atoms with Crippen molar-refractivity contribution in [3.05, 3.63) is 58.9 Å². The van der Waals surface area contributed by atoms with Crippen LogP contribution in [0.2, 0.25) is 10.0 Å². The molecule has 3 aromatic rings. The lowest BCUT2D eigenvalue weighted by molar-refractivity contribution is -0.142. The Morgan fingerprint density at radius 2 is 1.97 bits per heavy atom. The molecule has 0 radical (unpaired) electrons. The van der Waals surface area contributed by atoms with Gasteiger partial charge in [-0.25, -0.2) is 18.7 Å². The summed E-state index contributed by atoms with van der Waals surface area (Å²) in [5.74, 6) is -1.44. The summed E-state index contributed by atoms with van der Waals surface area (Å²) in [7, 11) is 1.41. The Labute approximate surface area is 209 Å². The Kier molecular flexibility index (Phi) is 6.14. The number of hydrogen-bond acceptors (Lipinski definition) is 6. The number of piperidine rings is 2. The summed E-state index contributed by atoms with van der Waals surface area (Å²) >= 11 is 11.8. The molecular formula is C24H20Cl2F2N4O3. The molecule has 2 aromatic carbocycles. The Hall–Kier alpha value is -3.17. The fourth-order valence-electron chi connectivity index (χ4n) is 4.72. The standard InChI is InChI=1S/C24H20Cl2F2N4O3/c1-3-17(33)32-8-11-6-12(9-32)22(11)35-23-16(34-2)7-15-18(21(23)28)24(30-10-29-15)31-14-5-4-13(25)19(26)20(14)27/h3-5,7,10-12,22H,1,6,8-9H2,2H3,(H,29,30,31)/t11-,12+,22?. The number of rotatable bonds is 6. The molecule has 2 aliphatic heterocycles. The fraction of sp³-hybridized carbons (Fsp3) is 0.292. The van der Waals surface area contributed by atoms with Crippen LogP contribution in [0.15, 0.2) is 37.2 Å². The van der Waals surface area contributed by atoms with Gasteiger partial charge >= 0.3 is 0 Å². The number of amides is 1. The van der Waals surface area contributed by atoms with E-state index in [1.165, 1.54) is 37.7 Å². The lowest BCUT2D eigenvalue weighted by Gasteiger charge is -2.52. The molecule has 3 heterocycles. The van der Waals surface area contributed by atoms with Crippen molar-refractivity contribution in [3.63, 3.8) is 0 Å². The number of fused-ring (bicyclic) bond motifs is 3. The lowest BCUT2D eigenvalue weighted by Crippen LogP contribution is -2.61. The first-order valence-corrected chi connectivity index (χ1v) is 11.6. The molecule has 1 aromatic heterocycles. The number of nitrogens with zero attached hydrogens (tertiary/aromatic N) is 3. The second-order valence-corrected chi connectivity index (χ2v) is 9.26. The first-order chi connectivity index (χ1) is 16.8. The Morgan fingerprint density at radius 3 is 2.66 bits per heavy atom. The molecule has 35 heavy (non-hydrogen) atoms. The first-order valence-electron chi connectivity index (χ1n) is 10.8. The van der Waals surface area contributed by atoms with Gasteiger partial charge < -0.3 is 19.7 Å². The number of aromatic nitrogens is 2. The quantitative estimate of drug-likeness (QED) is 0.347. The normalized spacial score (nSPS) is 20.8. The van der Waals surface area contributed by atoms with Gasteiger partial charge in [-0.15, -0.1) is 0 Å². The maximum atomic E-state index is 15.9. The molecular weight excluding hydrogens is 501 g/mol. The number of ether oxygens (including phenoxy) is 2. The Bertz CT molecular complexity index is 1340. The monoisotopic (exact) mass is 520 g/mol. The van der Waals surface area contributed by atoms with Crippen LogP contribution in [0.25, 0.3) is 10.9 Å². The van der Waals surface area contributed by atoms with Crippen LogP contribution < -0.4 is 14.8 Å². The summed E-state index contributed by atoms with van der Waals surface area (Å²) in [6, 6.07) is 4.33. The zero-order valence-electron chi connectivity index (χ0n) is 18.5. The number of carbonyl (C=O) groups is 1. The zero-order valence-corrected chi connectivity index (χ0v) is 20.0.